The van der Waals surface area contributed by atoms with Gasteiger partial charge in [0.2, 0.25) is 0 Å². The summed E-state index contributed by atoms with van der Waals surface area (Å²) in [5.74, 6) is -0.312. The van der Waals surface area contributed by atoms with Crippen LogP contribution in [0.4, 0.5) is 14.5 Å². The van der Waals surface area contributed by atoms with Crippen LogP contribution in [0.15, 0.2) is 30.3 Å². The van der Waals surface area contributed by atoms with Crippen molar-refractivity contribution in [3.05, 3.63) is 47.5 Å². The van der Waals surface area contributed by atoms with E-state index in [4.69, 9.17) is 4.74 Å². The first kappa shape index (κ1) is 12.9. The Bertz CT molecular complexity index is 655. The van der Waals surface area contributed by atoms with Crippen LogP contribution in [-0.4, -0.2) is 13.2 Å². The minimum absolute atomic E-state index is 0.0273. The molecule has 0 saturated carbocycles. The number of fused-ring (bicyclic) bond motifs is 1. The maximum Gasteiger partial charge on any atom is 0.142 e. The van der Waals surface area contributed by atoms with Crippen molar-refractivity contribution in [2.24, 2.45) is 0 Å². The second kappa shape index (κ2) is 5.12. The summed E-state index contributed by atoms with van der Waals surface area (Å²) in [6, 6.07) is 7.98. The van der Waals surface area contributed by atoms with E-state index in [0.717, 1.165) is 5.69 Å². The molecule has 0 spiro atoms. The van der Waals surface area contributed by atoms with E-state index in [9.17, 15) is 8.78 Å². The molecule has 2 aromatic rings. The molecular formula is C16H15F2NO. The van der Waals surface area contributed by atoms with Gasteiger partial charge in [-0.1, -0.05) is 19.1 Å². The summed E-state index contributed by atoms with van der Waals surface area (Å²) in [6.07, 6.45) is 0.533. The summed E-state index contributed by atoms with van der Waals surface area (Å²) < 4.78 is 33.8. The fourth-order valence-electron chi connectivity index (χ4n) is 2.43. The Hall–Kier alpha value is -2.10. The zero-order valence-electron chi connectivity index (χ0n) is 11.2. The predicted octanol–water partition coefficient (Wildman–Crippen LogP) is 4.00. The zero-order chi connectivity index (χ0) is 14.1. The number of hydrogen-bond acceptors (Lipinski definition) is 2. The maximum atomic E-state index is 14.4. The molecule has 2 nitrogen and oxygen atoms in total. The van der Waals surface area contributed by atoms with Gasteiger partial charge in [0.25, 0.3) is 0 Å². The van der Waals surface area contributed by atoms with Gasteiger partial charge in [0.1, 0.15) is 24.0 Å². The fourth-order valence-corrected chi connectivity index (χ4v) is 2.43. The van der Waals surface area contributed by atoms with Gasteiger partial charge < -0.3 is 10.1 Å². The molecule has 0 atom stereocenters. The van der Waals surface area contributed by atoms with Crippen molar-refractivity contribution in [3.8, 4) is 16.9 Å². The molecule has 2 aromatic carbocycles. The Morgan fingerprint density at radius 2 is 2.05 bits per heavy atom. The van der Waals surface area contributed by atoms with Crippen molar-refractivity contribution < 1.29 is 13.5 Å². The first-order chi connectivity index (χ1) is 9.70. The van der Waals surface area contributed by atoms with Crippen molar-refractivity contribution in [1.82, 2.24) is 0 Å². The molecule has 0 bridgehead atoms. The van der Waals surface area contributed by atoms with E-state index in [1.807, 2.05) is 6.92 Å². The van der Waals surface area contributed by atoms with Crippen LogP contribution in [0.3, 0.4) is 0 Å². The third-order valence-electron chi connectivity index (χ3n) is 3.50. The highest BCUT2D eigenvalue weighted by Crippen LogP contribution is 2.35. The molecule has 0 saturated heterocycles. The number of anilines is 1. The number of benzene rings is 2. The summed E-state index contributed by atoms with van der Waals surface area (Å²) >= 11 is 0. The van der Waals surface area contributed by atoms with Gasteiger partial charge in [-0.05, 0) is 35.7 Å². The van der Waals surface area contributed by atoms with E-state index in [0.29, 0.717) is 36.4 Å². The van der Waals surface area contributed by atoms with E-state index in [1.165, 1.54) is 12.1 Å². The number of halogens is 2. The van der Waals surface area contributed by atoms with Crippen LogP contribution in [0.25, 0.3) is 11.1 Å². The Kier molecular flexibility index (Phi) is 3.30. The third-order valence-corrected chi connectivity index (χ3v) is 3.50. The Morgan fingerprint density at radius 3 is 2.85 bits per heavy atom. The number of hydrogen-bond donors (Lipinski definition) is 1. The minimum atomic E-state index is -0.545. The van der Waals surface area contributed by atoms with Crippen molar-refractivity contribution in [1.29, 1.82) is 0 Å². The third kappa shape index (κ3) is 2.11. The summed E-state index contributed by atoms with van der Waals surface area (Å²) in [6.45, 7) is 3.14. The number of rotatable bonds is 2. The van der Waals surface area contributed by atoms with Gasteiger partial charge in [-0.2, -0.15) is 0 Å². The van der Waals surface area contributed by atoms with E-state index in [-0.39, 0.29) is 5.56 Å². The molecule has 20 heavy (non-hydrogen) atoms. The Balaban J connectivity index is 2.13. The van der Waals surface area contributed by atoms with Gasteiger partial charge in [0.05, 0.1) is 11.3 Å². The van der Waals surface area contributed by atoms with E-state index in [1.54, 1.807) is 18.2 Å². The van der Waals surface area contributed by atoms with Gasteiger partial charge in [-0.25, -0.2) is 8.78 Å². The van der Waals surface area contributed by atoms with Crippen LogP contribution in [0, 0.1) is 11.6 Å². The van der Waals surface area contributed by atoms with Gasteiger partial charge in [0.15, 0.2) is 0 Å². The standard InChI is InChI=1S/C16H15F2NO/c1-2-10-3-5-12(17)15(16(10)18)11-4-6-14-13(9-11)19-7-8-20-14/h3-6,9,19H,2,7-8H2,1H3. The van der Waals surface area contributed by atoms with E-state index >= 15 is 0 Å². The molecule has 1 heterocycles. The lowest BCUT2D eigenvalue weighted by Gasteiger charge is -2.20. The van der Waals surface area contributed by atoms with Crippen molar-refractivity contribution in [3.63, 3.8) is 0 Å². The topological polar surface area (TPSA) is 21.3 Å². The second-order valence-corrected chi connectivity index (χ2v) is 4.74. The molecule has 0 aromatic heterocycles. The quantitative estimate of drug-likeness (QED) is 0.894. The summed E-state index contributed by atoms with van der Waals surface area (Å²) in [5, 5.41) is 3.17. The molecule has 0 aliphatic carbocycles. The van der Waals surface area contributed by atoms with Crippen LogP contribution in [0.2, 0.25) is 0 Å². The van der Waals surface area contributed by atoms with Gasteiger partial charge >= 0.3 is 0 Å². The molecule has 0 radical (unpaired) electrons. The van der Waals surface area contributed by atoms with Crippen molar-refractivity contribution in [2.45, 2.75) is 13.3 Å². The summed E-state index contributed by atoms with van der Waals surface area (Å²) in [5.41, 5.74) is 1.84. The molecule has 1 aliphatic heterocycles. The largest absolute Gasteiger partial charge is 0.490 e. The average Bonchev–Trinajstić information content (AvgIpc) is 2.47. The molecule has 0 amide bonds. The molecule has 1 aliphatic rings. The minimum Gasteiger partial charge on any atom is -0.490 e. The monoisotopic (exact) mass is 275 g/mol. The molecule has 4 heteroatoms. The van der Waals surface area contributed by atoms with Crippen LogP contribution < -0.4 is 10.1 Å². The molecule has 0 fully saturated rings. The number of nitrogens with one attached hydrogen (secondary N) is 1. The average molecular weight is 275 g/mol. The van der Waals surface area contributed by atoms with Crippen LogP contribution in [0.5, 0.6) is 5.75 Å². The molecule has 1 N–H and O–H groups in total. The van der Waals surface area contributed by atoms with Crippen molar-refractivity contribution >= 4 is 5.69 Å². The number of aryl methyl sites for hydroxylation is 1. The Labute approximate surface area is 116 Å². The van der Waals surface area contributed by atoms with Crippen LogP contribution in [0.1, 0.15) is 12.5 Å². The lowest BCUT2D eigenvalue weighted by atomic mass is 9.99. The lowest BCUT2D eigenvalue weighted by Crippen LogP contribution is -2.17. The van der Waals surface area contributed by atoms with E-state index < -0.39 is 11.6 Å². The van der Waals surface area contributed by atoms with Crippen LogP contribution >= 0.6 is 0 Å². The summed E-state index contributed by atoms with van der Waals surface area (Å²) in [4.78, 5) is 0. The first-order valence-corrected chi connectivity index (χ1v) is 6.68. The van der Waals surface area contributed by atoms with E-state index in [2.05, 4.69) is 5.32 Å². The normalized spacial score (nSPS) is 13.3. The molecule has 3 rings (SSSR count). The Morgan fingerprint density at radius 1 is 1.20 bits per heavy atom. The molecule has 0 unspecified atom stereocenters. The second-order valence-electron chi connectivity index (χ2n) is 4.74. The smallest absolute Gasteiger partial charge is 0.142 e. The first-order valence-electron chi connectivity index (χ1n) is 6.68. The summed E-state index contributed by atoms with van der Waals surface area (Å²) in [7, 11) is 0. The van der Waals surface area contributed by atoms with Gasteiger partial charge in [0, 0.05) is 6.54 Å². The highest BCUT2D eigenvalue weighted by atomic mass is 19.1. The van der Waals surface area contributed by atoms with Gasteiger partial charge in [-0.15, -0.1) is 0 Å². The highest BCUT2D eigenvalue weighted by molar-refractivity contribution is 5.73. The highest BCUT2D eigenvalue weighted by Gasteiger charge is 2.17. The molecular weight excluding hydrogens is 260 g/mol. The van der Waals surface area contributed by atoms with Crippen LogP contribution in [-0.2, 0) is 6.42 Å². The fraction of sp³-hybridized carbons (Fsp3) is 0.250. The van der Waals surface area contributed by atoms with Crippen molar-refractivity contribution in [2.75, 3.05) is 18.5 Å². The number of ether oxygens (including phenoxy) is 1. The molecule has 104 valence electrons. The zero-order valence-corrected chi connectivity index (χ0v) is 11.2. The lowest BCUT2D eigenvalue weighted by molar-refractivity contribution is 0.323. The van der Waals surface area contributed by atoms with Gasteiger partial charge in [-0.3, -0.25) is 0 Å². The maximum absolute atomic E-state index is 14.4. The predicted molar refractivity (Wildman–Crippen MR) is 75.2 cm³/mol. The SMILES string of the molecule is CCc1ccc(F)c(-c2ccc3c(c2)NCCO3)c1F.